The van der Waals surface area contributed by atoms with Crippen LogP contribution in [0.2, 0.25) is 0 Å². The van der Waals surface area contributed by atoms with Gasteiger partial charge in [-0.1, -0.05) is 6.07 Å². The Morgan fingerprint density at radius 1 is 1.17 bits per heavy atom. The van der Waals surface area contributed by atoms with E-state index in [4.69, 9.17) is 4.74 Å². The lowest BCUT2D eigenvalue weighted by Gasteiger charge is -2.31. The molecular weight excluding hydrogens is 380 g/mol. The summed E-state index contributed by atoms with van der Waals surface area (Å²) in [7, 11) is 0. The zero-order chi connectivity index (χ0) is 20.9. The van der Waals surface area contributed by atoms with Crippen molar-refractivity contribution in [2.45, 2.75) is 25.7 Å². The fourth-order valence-corrected chi connectivity index (χ4v) is 3.73. The second-order valence-corrected chi connectivity index (χ2v) is 7.26. The van der Waals surface area contributed by atoms with Crippen LogP contribution in [0.1, 0.15) is 41.7 Å². The van der Waals surface area contributed by atoms with Crippen molar-refractivity contribution in [3.63, 3.8) is 0 Å². The third kappa shape index (κ3) is 4.40. The number of pyridine rings is 1. The molecule has 0 saturated carbocycles. The number of ether oxygens (including phenoxy) is 1. The van der Waals surface area contributed by atoms with Crippen LogP contribution in [0.5, 0.6) is 5.75 Å². The molecule has 0 spiro atoms. The summed E-state index contributed by atoms with van der Waals surface area (Å²) in [5.74, 6) is 1.39. The minimum absolute atomic E-state index is 0.0181. The first-order chi connectivity index (χ1) is 14.6. The van der Waals surface area contributed by atoms with Gasteiger partial charge in [-0.15, -0.1) is 0 Å². The van der Waals surface area contributed by atoms with Crippen molar-refractivity contribution < 1.29 is 9.53 Å². The molecule has 1 aliphatic rings. The standard InChI is InChI=1S/C23H24N4O3/c1-2-30-18-8-6-17(7-9-18)23(29)27-13-10-16(11-14-27)20-15-21(28)26-22(25-20)19-5-3-4-12-24-19/h3-9,12,15-16H,2,10-11,13-14H2,1H3,(H,25,26,28). The van der Waals surface area contributed by atoms with Crippen LogP contribution in [-0.4, -0.2) is 45.5 Å². The minimum Gasteiger partial charge on any atom is -0.494 e. The smallest absolute Gasteiger partial charge is 0.253 e. The summed E-state index contributed by atoms with van der Waals surface area (Å²) in [6, 6.07) is 14.3. The number of nitrogens with zero attached hydrogens (tertiary/aromatic N) is 3. The number of hydrogen-bond donors (Lipinski definition) is 1. The molecule has 4 rings (SSSR count). The average Bonchev–Trinajstić information content (AvgIpc) is 2.80. The highest BCUT2D eigenvalue weighted by Gasteiger charge is 2.26. The maximum atomic E-state index is 12.8. The fourth-order valence-electron chi connectivity index (χ4n) is 3.73. The summed E-state index contributed by atoms with van der Waals surface area (Å²) >= 11 is 0. The van der Waals surface area contributed by atoms with Crippen molar-refractivity contribution in [2.75, 3.05) is 19.7 Å². The number of amides is 1. The van der Waals surface area contributed by atoms with Gasteiger partial charge in [-0.25, -0.2) is 4.98 Å². The van der Waals surface area contributed by atoms with Crippen LogP contribution in [0.4, 0.5) is 0 Å². The quantitative estimate of drug-likeness (QED) is 0.705. The lowest BCUT2D eigenvalue weighted by molar-refractivity contribution is 0.0712. The van der Waals surface area contributed by atoms with Gasteiger partial charge < -0.3 is 14.6 Å². The van der Waals surface area contributed by atoms with Crippen LogP contribution in [0.25, 0.3) is 11.5 Å². The van der Waals surface area contributed by atoms with Crippen LogP contribution in [0.3, 0.4) is 0 Å². The highest BCUT2D eigenvalue weighted by molar-refractivity contribution is 5.94. The number of piperidine rings is 1. The molecule has 0 atom stereocenters. The number of carbonyl (C=O) groups excluding carboxylic acids is 1. The number of aromatic amines is 1. The van der Waals surface area contributed by atoms with E-state index in [1.54, 1.807) is 24.4 Å². The Morgan fingerprint density at radius 3 is 2.60 bits per heavy atom. The number of likely N-dealkylation sites (tertiary alicyclic amines) is 1. The number of carbonyl (C=O) groups is 1. The Morgan fingerprint density at radius 2 is 1.93 bits per heavy atom. The van der Waals surface area contributed by atoms with Crippen molar-refractivity contribution in [1.82, 2.24) is 19.9 Å². The van der Waals surface area contributed by atoms with Gasteiger partial charge in [0.25, 0.3) is 11.5 Å². The van der Waals surface area contributed by atoms with E-state index in [1.807, 2.05) is 42.2 Å². The molecular formula is C23H24N4O3. The van der Waals surface area contributed by atoms with Gasteiger partial charge in [0.1, 0.15) is 11.4 Å². The number of nitrogens with one attached hydrogen (secondary N) is 1. The van der Waals surface area contributed by atoms with Crippen LogP contribution in [0.15, 0.2) is 59.5 Å². The van der Waals surface area contributed by atoms with E-state index < -0.39 is 0 Å². The first-order valence-corrected chi connectivity index (χ1v) is 10.2. The van der Waals surface area contributed by atoms with Gasteiger partial charge in [-0.2, -0.15) is 0 Å². The SMILES string of the molecule is CCOc1ccc(C(=O)N2CCC(c3cc(=O)[nH]c(-c4ccccn4)n3)CC2)cc1. The molecule has 1 N–H and O–H groups in total. The number of H-pyrrole nitrogens is 1. The Labute approximate surface area is 174 Å². The highest BCUT2D eigenvalue weighted by Crippen LogP contribution is 2.28. The van der Waals surface area contributed by atoms with Crippen molar-refractivity contribution in [3.05, 3.63) is 76.3 Å². The largest absolute Gasteiger partial charge is 0.494 e. The average molecular weight is 404 g/mol. The summed E-state index contributed by atoms with van der Waals surface area (Å²) in [4.78, 5) is 38.5. The van der Waals surface area contributed by atoms with Crippen molar-refractivity contribution in [3.8, 4) is 17.3 Å². The Kier molecular flexibility index (Phi) is 5.88. The first kappa shape index (κ1) is 19.8. The van der Waals surface area contributed by atoms with E-state index in [0.717, 1.165) is 24.3 Å². The van der Waals surface area contributed by atoms with Gasteiger partial charge in [0, 0.05) is 36.8 Å². The zero-order valence-electron chi connectivity index (χ0n) is 16.9. The van der Waals surface area contributed by atoms with Gasteiger partial charge in [-0.3, -0.25) is 14.6 Å². The Hall–Kier alpha value is -3.48. The van der Waals surface area contributed by atoms with Gasteiger partial charge in [0.2, 0.25) is 0 Å². The normalized spacial score (nSPS) is 14.5. The molecule has 1 saturated heterocycles. The molecule has 0 unspecified atom stereocenters. The molecule has 0 bridgehead atoms. The Bertz CT molecular complexity index is 1060. The summed E-state index contributed by atoms with van der Waals surface area (Å²) in [6.45, 7) is 3.78. The number of hydrogen-bond acceptors (Lipinski definition) is 5. The summed E-state index contributed by atoms with van der Waals surface area (Å²) in [6.07, 6.45) is 3.20. The van der Waals surface area contributed by atoms with Gasteiger partial charge >= 0.3 is 0 Å². The molecule has 30 heavy (non-hydrogen) atoms. The van der Waals surface area contributed by atoms with E-state index in [0.29, 0.717) is 36.8 Å². The molecule has 1 fully saturated rings. The summed E-state index contributed by atoms with van der Waals surface area (Å²) in [5.41, 5.74) is 1.87. The van der Waals surface area contributed by atoms with Crippen molar-refractivity contribution >= 4 is 5.91 Å². The lowest BCUT2D eigenvalue weighted by Crippen LogP contribution is -2.38. The molecule has 1 amide bonds. The Balaban J connectivity index is 1.44. The van der Waals surface area contributed by atoms with E-state index in [1.165, 1.54) is 0 Å². The first-order valence-electron chi connectivity index (χ1n) is 10.2. The third-order valence-electron chi connectivity index (χ3n) is 5.28. The minimum atomic E-state index is -0.187. The fraction of sp³-hybridized carbons (Fsp3) is 0.304. The van der Waals surface area contributed by atoms with E-state index in [2.05, 4.69) is 15.0 Å². The second kappa shape index (κ2) is 8.90. The van der Waals surface area contributed by atoms with E-state index in [9.17, 15) is 9.59 Å². The summed E-state index contributed by atoms with van der Waals surface area (Å²) < 4.78 is 5.44. The van der Waals surface area contributed by atoms with Gasteiger partial charge in [0.05, 0.1) is 12.3 Å². The zero-order valence-corrected chi connectivity index (χ0v) is 16.9. The third-order valence-corrected chi connectivity index (χ3v) is 5.28. The summed E-state index contributed by atoms with van der Waals surface area (Å²) in [5, 5.41) is 0. The molecule has 3 aromatic rings. The van der Waals surface area contributed by atoms with Crippen LogP contribution in [-0.2, 0) is 0 Å². The van der Waals surface area contributed by atoms with Crippen molar-refractivity contribution in [2.24, 2.45) is 0 Å². The molecule has 2 aromatic heterocycles. The number of aromatic nitrogens is 3. The van der Waals surface area contributed by atoms with E-state index in [-0.39, 0.29) is 17.4 Å². The highest BCUT2D eigenvalue weighted by atomic mass is 16.5. The van der Waals surface area contributed by atoms with E-state index >= 15 is 0 Å². The molecule has 7 nitrogen and oxygen atoms in total. The van der Waals surface area contributed by atoms with Crippen molar-refractivity contribution in [1.29, 1.82) is 0 Å². The van der Waals surface area contributed by atoms with Gasteiger partial charge in [0.15, 0.2) is 5.82 Å². The molecule has 1 aliphatic heterocycles. The molecule has 0 radical (unpaired) electrons. The number of benzene rings is 1. The molecule has 3 heterocycles. The monoisotopic (exact) mass is 404 g/mol. The molecule has 154 valence electrons. The predicted octanol–water partition coefficient (Wildman–Crippen LogP) is 3.25. The van der Waals surface area contributed by atoms with Gasteiger partial charge in [-0.05, 0) is 56.2 Å². The lowest BCUT2D eigenvalue weighted by atomic mass is 9.93. The second-order valence-electron chi connectivity index (χ2n) is 7.26. The van der Waals surface area contributed by atoms with Crippen LogP contribution in [0, 0.1) is 0 Å². The topological polar surface area (TPSA) is 88.2 Å². The number of rotatable bonds is 5. The van der Waals surface area contributed by atoms with Crippen LogP contribution >= 0.6 is 0 Å². The predicted molar refractivity (Wildman–Crippen MR) is 114 cm³/mol. The maximum Gasteiger partial charge on any atom is 0.253 e. The molecule has 1 aromatic carbocycles. The molecule has 0 aliphatic carbocycles. The van der Waals surface area contributed by atoms with Crippen LogP contribution < -0.4 is 10.3 Å². The molecule has 7 heteroatoms. The maximum absolute atomic E-state index is 12.8.